The van der Waals surface area contributed by atoms with Gasteiger partial charge in [-0.25, -0.2) is 15.0 Å². The van der Waals surface area contributed by atoms with Crippen LogP contribution < -0.4 is 10.5 Å². The highest BCUT2D eigenvalue weighted by molar-refractivity contribution is 5.95. The molecule has 7 nitrogen and oxygen atoms in total. The molecule has 0 radical (unpaired) electrons. The molecule has 1 N–H and O–H groups in total. The number of hydrogen-bond acceptors (Lipinski definition) is 5. The van der Waals surface area contributed by atoms with Gasteiger partial charge in [-0.15, -0.1) is 6.42 Å². The van der Waals surface area contributed by atoms with Crippen LogP contribution in [0.3, 0.4) is 0 Å². The highest BCUT2D eigenvalue weighted by Crippen LogP contribution is 2.17. The smallest absolute Gasteiger partial charge is 0.255 e. The average Bonchev–Trinajstić information content (AvgIpc) is 2.72. The first-order valence-electron chi connectivity index (χ1n) is 8.77. The van der Waals surface area contributed by atoms with E-state index in [9.17, 15) is 9.59 Å². The number of likely N-dealkylation sites (N-methyl/N-ethyl adjacent to an activating group) is 1. The second-order valence-corrected chi connectivity index (χ2v) is 6.06. The standard InChI is InChI=1S/C21H19N5O2/c1-4-15-8-6-9-16(12-15)26(5-2)18(27)13-17-14(3)24-20(25-21(17)28)19-22-10-7-11-23-19/h1,6-12H,5,13H2,2-3H3,(H,24,25,28). The lowest BCUT2D eigenvalue weighted by atomic mass is 10.1. The van der Waals surface area contributed by atoms with Gasteiger partial charge in [0.1, 0.15) is 0 Å². The van der Waals surface area contributed by atoms with Crippen LogP contribution in [0.25, 0.3) is 11.6 Å². The second-order valence-electron chi connectivity index (χ2n) is 6.06. The molecule has 0 unspecified atom stereocenters. The zero-order valence-corrected chi connectivity index (χ0v) is 15.6. The number of aryl methyl sites for hydroxylation is 1. The quantitative estimate of drug-likeness (QED) is 0.692. The molecule has 1 aromatic carbocycles. The molecule has 0 atom stereocenters. The van der Waals surface area contributed by atoms with E-state index in [1.807, 2.05) is 13.0 Å². The minimum absolute atomic E-state index is 0.0712. The average molecular weight is 373 g/mol. The van der Waals surface area contributed by atoms with Crippen LogP contribution in [0.4, 0.5) is 5.69 Å². The van der Waals surface area contributed by atoms with Crippen LogP contribution in [0, 0.1) is 19.3 Å². The molecule has 3 rings (SSSR count). The fourth-order valence-electron chi connectivity index (χ4n) is 2.86. The molecule has 0 saturated carbocycles. The van der Waals surface area contributed by atoms with E-state index in [1.165, 1.54) is 0 Å². The van der Waals surface area contributed by atoms with Crippen LogP contribution in [0.1, 0.15) is 23.7 Å². The summed E-state index contributed by atoms with van der Waals surface area (Å²) < 4.78 is 0. The van der Waals surface area contributed by atoms with Crippen molar-refractivity contribution in [1.29, 1.82) is 0 Å². The molecule has 0 aliphatic rings. The zero-order valence-electron chi connectivity index (χ0n) is 15.6. The van der Waals surface area contributed by atoms with Gasteiger partial charge in [-0.2, -0.15) is 0 Å². The van der Waals surface area contributed by atoms with Crippen molar-refractivity contribution < 1.29 is 4.79 Å². The molecule has 0 bridgehead atoms. The Kier molecular flexibility index (Phi) is 5.61. The summed E-state index contributed by atoms with van der Waals surface area (Å²) in [6, 6.07) is 8.86. The molecule has 0 spiro atoms. The minimum Gasteiger partial charge on any atom is -0.312 e. The molecule has 28 heavy (non-hydrogen) atoms. The van der Waals surface area contributed by atoms with Crippen LogP contribution >= 0.6 is 0 Å². The van der Waals surface area contributed by atoms with Crippen LogP contribution in [0.15, 0.2) is 47.5 Å². The van der Waals surface area contributed by atoms with Gasteiger partial charge in [0.15, 0.2) is 11.6 Å². The van der Waals surface area contributed by atoms with E-state index in [2.05, 4.69) is 25.9 Å². The van der Waals surface area contributed by atoms with Crippen LogP contribution in [0.2, 0.25) is 0 Å². The van der Waals surface area contributed by atoms with Crippen LogP contribution in [-0.2, 0) is 11.2 Å². The first-order chi connectivity index (χ1) is 13.5. The van der Waals surface area contributed by atoms with E-state index in [-0.39, 0.29) is 23.7 Å². The number of amides is 1. The number of terminal acetylenes is 1. The summed E-state index contributed by atoms with van der Waals surface area (Å²) in [5.74, 6) is 2.94. The molecule has 3 aromatic rings. The molecule has 0 saturated heterocycles. The lowest BCUT2D eigenvalue weighted by molar-refractivity contribution is -0.118. The van der Waals surface area contributed by atoms with Gasteiger partial charge in [0, 0.05) is 41.4 Å². The van der Waals surface area contributed by atoms with E-state index >= 15 is 0 Å². The van der Waals surface area contributed by atoms with Gasteiger partial charge in [0.2, 0.25) is 5.91 Å². The number of hydrogen-bond donors (Lipinski definition) is 1. The van der Waals surface area contributed by atoms with Crippen molar-refractivity contribution in [1.82, 2.24) is 19.9 Å². The maximum absolute atomic E-state index is 12.9. The molecule has 0 aliphatic heterocycles. The van der Waals surface area contributed by atoms with E-state index in [1.54, 1.807) is 48.5 Å². The Morgan fingerprint density at radius 2 is 2.00 bits per heavy atom. The summed E-state index contributed by atoms with van der Waals surface area (Å²) in [5, 5.41) is 0. The molecule has 0 fully saturated rings. The molecular weight excluding hydrogens is 354 g/mol. The summed E-state index contributed by atoms with van der Waals surface area (Å²) >= 11 is 0. The lowest BCUT2D eigenvalue weighted by Crippen LogP contribution is -2.34. The molecule has 2 heterocycles. The summed E-state index contributed by atoms with van der Waals surface area (Å²) in [6.07, 6.45) is 8.51. The Morgan fingerprint density at radius 3 is 2.64 bits per heavy atom. The number of carbonyl (C=O) groups is 1. The van der Waals surface area contributed by atoms with Crippen molar-refractivity contribution >= 4 is 11.6 Å². The summed E-state index contributed by atoms with van der Waals surface area (Å²) in [4.78, 5) is 42.2. The Labute approximate surface area is 162 Å². The third-order valence-electron chi connectivity index (χ3n) is 4.27. The predicted octanol–water partition coefficient (Wildman–Crippen LogP) is 2.11. The predicted molar refractivity (Wildman–Crippen MR) is 107 cm³/mol. The van der Waals surface area contributed by atoms with Crippen molar-refractivity contribution in [2.24, 2.45) is 0 Å². The maximum atomic E-state index is 12.9. The monoisotopic (exact) mass is 373 g/mol. The normalized spacial score (nSPS) is 10.3. The van der Waals surface area contributed by atoms with Crippen LogP contribution in [0.5, 0.6) is 0 Å². The number of carbonyl (C=O) groups excluding carboxylic acids is 1. The van der Waals surface area contributed by atoms with E-state index in [0.717, 1.165) is 0 Å². The topological polar surface area (TPSA) is 91.8 Å². The second kappa shape index (κ2) is 8.27. The first-order valence-corrected chi connectivity index (χ1v) is 8.77. The third kappa shape index (κ3) is 3.96. The summed E-state index contributed by atoms with van der Waals surface area (Å²) in [5.41, 5.74) is 1.78. The molecule has 1 amide bonds. The Bertz CT molecular complexity index is 1100. The van der Waals surface area contributed by atoms with Gasteiger partial charge in [-0.1, -0.05) is 12.0 Å². The Balaban J connectivity index is 1.89. The molecule has 0 aliphatic carbocycles. The van der Waals surface area contributed by atoms with Gasteiger partial charge in [-0.05, 0) is 38.1 Å². The number of anilines is 1. The van der Waals surface area contributed by atoms with Gasteiger partial charge in [0.05, 0.1) is 6.42 Å². The number of nitrogens with zero attached hydrogens (tertiary/aromatic N) is 4. The van der Waals surface area contributed by atoms with Crippen molar-refractivity contribution in [2.45, 2.75) is 20.3 Å². The SMILES string of the molecule is C#Cc1cccc(N(CC)C(=O)Cc2c(C)nc(-c3ncccn3)[nH]c2=O)c1. The van der Waals surface area contributed by atoms with E-state index in [0.29, 0.717) is 34.9 Å². The molecule has 140 valence electrons. The van der Waals surface area contributed by atoms with Gasteiger partial charge in [-0.3, -0.25) is 9.59 Å². The number of aromatic nitrogens is 4. The number of rotatable bonds is 5. The van der Waals surface area contributed by atoms with E-state index in [4.69, 9.17) is 6.42 Å². The fraction of sp³-hybridized carbons (Fsp3) is 0.190. The molecular formula is C21H19N5O2. The number of H-pyrrole nitrogens is 1. The van der Waals surface area contributed by atoms with Crippen molar-refractivity contribution in [2.75, 3.05) is 11.4 Å². The van der Waals surface area contributed by atoms with Crippen molar-refractivity contribution in [3.05, 3.63) is 69.9 Å². The van der Waals surface area contributed by atoms with Crippen molar-refractivity contribution in [3.8, 4) is 24.0 Å². The van der Waals surface area contributed by atoms with Gasteiger partial charge >= 0.3 is 0 Å². The highest BCUT2D eigenvalue weighted by atomic mass is 16.2. The minimum atomic E-state index is -0.378. The number of nitrogens with one attached hydrogen (secondary N) is 1. The van der Waals surface area contributed by atoms with Gasteiger partial charge in [0.25, 0.3) is 5.56 Å². The highest BCUT2D eigenvalue weighted by Gasteiger charge is 2.19. The zero-order chi connectivity index (χ0) is 20.1. The number of benzene rings is 1. The first kappa shape index (κ1) is 19.0. The fourth-order valence-corrected chi connectivity index (χ4v) is 2.86. The largest absolute Gasteiger partial charge is 0.312 e. The third-order valence-corrected chi connectivity index (χ3v) is 4.27. The Hall–Kier alpha value is -3.79. The van der Waals surface area contributed by atoms with E-state index < -0.39 is 0 Å². The summed E-state index contributed by atoms with van der Waals surface area (Å²) in [7, 11) is 0. The Morgan fingerprint density at radius 1 is 1.25 bits per heavy atom. The maximum Gasteiger partial charge on any atom is 0.255 e. The van der Waals surface area contributed by atoms with Crippen molar-refractivity contribution in [3.63, 3.8) is 0 Å². The number of aromatic amines is 1. The summed E-state index contributed by atoms with van der Waals surface area (Å²) in [6.45, 7) is 4.01. The van der Waals surface area contributed by atoms with Crippen LogP contribution in [-0.4, -0.2) is 32.4 Å². The lowest BCUT2D eigenvalue weighted by Gasteiger charge is -2.21. The molecule has 2 aromatic heterocycles. The molecule has 7 heteroatoms. The van der Waals surface area contributed by atoms with Gasteiger partial charge < -0.3 is 9.88 Å².